The van der Waals surface area contributed by atoms with E-state index >= 15 is 0 Å². The Labute approximate surface area is 122 Å². The Morgan fingerprint density at radius 3 is 2.95 bits per heavy atom. The van der Waals surface area contributed by atoms with Crippen molar-refractivity contribution in [2.75, 3.05) is 19.0 Å². The third kappa shape index (κ3) is 3.17. The molecule has 3 aromatic heterocycles. The average molecular weight is 283 g/mol. The third-order valence-electron chi connectivity index (χ3n) is 3.12. The van der Waals surface area contributed by atoms with Gasteiger partial charge < -0.3 is 10.1 Å². The van der Waals surface area contributed by atoms with Crippen molar-refractivity contribution in [1.29, 1.82) is 0 Å². The molecule has 0 bridgehead atoms. The lowest BCUT2D eigenvalue weighted by molar-refractivity contribution is 0.181. The predicted molar refractivity (Wildman–Crippen MR) is 80.1 cm³/mol. The van der Waals surface area contributed by atoms with Crippen LogP contribution in [-0.4, -0.2) is 33.2 Å². The average Bonchev–Trinajstić information content (AvgIpc) is 2.97. The number of hydrogen-bond acceptors (Lipinski definition) is 5. The molecule has 0 atom stereocenters. The maximum Gasteiger partial charge on any atom is 0.157 e. The van der Waals surface area contributed by atoms with E-state index in [1.165, 1.54) is 0 Å². The molecule has 0 spiro atoms. The molecular formula is C15H17N5O. The third-order valence-corrected chi connectivity index (χ3v) is 3.12. The molecule has 0 unspecified atom stereocenters. The Balaban J connectivity index is 1.74. The second-order valence-electron chi connectivity index (χ2n) is 4.66. The fraction of sp³-hybridized carbons (Fsp3) is 0.267. The highest BCUT2D eigenvalue weighted by molar-refractivity contribution is 5.49. The van der Waals surface area contributed by atoms with Crippen LogP contribution in [0.3, 0.4) is 0 Å². The first-order valence-corrected chi connectivity index (χ1v) is 6.83. The van der Waals surface area contributed by atoms with Crippen molar-refractivity contribution in [3.63, 3.8) is 0 Å². The van der Waals surface area contributed by atoms with Gasteiger partial charge in [0.2, 0.25) is 0 Å². The van der Waals surface area contributed by atoms with Gasteiger partial charge in [0.15, 0.2) is 5.65 Å². The summed E-state index contributed by atoms with van der Waals surface area (Å²) in [5, 5.41) is 7.67. The van der Waals surface area contributed by atoms with Gasteiger partial charge in [0.1, 0.15) is 5.82 Å². The molecule has 6 nitrogen and oxygen atoms in total. The van der Waals surface area contributed by atoms with Crippen molar-refractivity contribution in [3.8, 4) is 0 Å². The summed E-state index contributed by atoms with van der Waals surface area (Å²) in [4.78, 5) is 8.79. The summed E-state index contributed by atoms with van der Waals surface area (Å²) >= 11 is 0. The van der Waals surface area contributed by atoms with Crippen molar-refractivity contribution in [3.05, 3.63) is 54.1 Å². The molecule has 0 radical (unpaired) electrons. The van der Waals surface area contributed by atoms with Gasteiger partial charge in [0.25, 0.3) is 0 Å². The fourth-order valence-electron chi connectivity index (χ4n) is 2.18. The van der Waals surface area contributed by atoms with Crippen LogP contribution in [0.1, 0.15) is 11.4 Å². The Kier molecular flexibility index (Phi) is 4.07. The molecule has 3 heterocycles. The van der Waals surface area contributed by atoms with Gasteiger partial charge in [-0.3, -0.25) is 4.98 Å². The monoisotopic (exact) mass is 283 g/mol. The molecule has 0 aliphatic heterocycles. The highest BCUT2D eigenvalue weighted by atomic mass is 16.5. The number of ether oxygens (including phenoxy) is 1. The van der Waals surface area contributed by atoms with Gasteiger partial charge >= 0.3 is 0 Å². The molecule has 0 amide bonds. The van der Waals surface area contributed by atoms with Crippen LogP contribution in [0.4, 0.5) is 5.82 Å². The van der Waals surface area contributed by atoms with Crippen LogP contribution in [0.25, 0.3) is 5.65 Å². The van der Waals surface area contributed by atoms with Crippen LogP contribution in [0.15, 0.2) is 42.7 Å². The highest BCUT2D eigenvalue weighted by Gasteiger charge is 2.06. The van der Waals surface area contributed by atoms with Gasteiger partial charge in [0, 0.05) is 44.1 Å². The minimum Gasteiger partial charge on any atom is -0.378 e. The molecule has 6 heteroatoms. The number of anilines is 1. The smallest absolute Gasteiger partial charge is 0.157 e. The van der Waals surface area contributed by atoms with Gasteiger partial charge in [-0.05, 0) is 12.1 Å². The van der Waals surface area contributed by atoms with Crippen LogP contribution in [-0.2, 0) is 17.8 Å². The summed E-state index contributed by atoms with van der Waals surface area (Å²) in [7, 11) is 1.66. The number of pyridine rings is 1. The van der Waals surface area contributed by atoms with Gasteiger partial charge in [-0.1, -0.05) is 6.07 Å². The SMILES string of the molecule is COCc1cc(NCCc2ccccn2)n2nccc2n1. The van der Waals surface area contributed by atoms with E-state index in [9.17, 15) is 0 Å². The molecule has 0 saturated carbocycles. The van der Waals surface area contributed by atoms with E-state index in [4.69, 9.17) is 4.74 Å². The van der Waals surface area contributed by atoms with E-state index in [1.807, 2.05) is 36.5 Å². The maximum absolute atomic E-state index is 5.15. The summed E-state index contributed by atoms with van der Waals surface area (Å²) in [5.74, 6) is 0.910. The van der Waals surface area contributed by atoms with Crippen molar-refractivity contribution in [2.45, 2.75) is 13.0 Å². The Morgan fingerprint density at radius 2 is 2.14 bits per heavy atom. The Bertz CT molecular complexity index is 710. The lowest BCUT2D eigenvalue weighted by Gasteiger charge is -2.10. The molecule has 3 aromatic rings. The molecule has 21 heavy (non-hydrogen) atoms. The normalized spacial score (nSPS) is 10.9. The largest absolute Gasteiger partial charge is 0.378 e. The zero-order valence-electron chi connectivity index (χ0n) is 11.9. The molecule has 0 aliphatic rings. The highest BCUT2D eigenvalue weighted by Crippen LogP contribution is 2.13. The number of methoxy groups -OCH3 is 1. The first-order valence-electron chi connectivity index (χ1n) is 6.83. The second kappa shape index (κ2) is 6.32. The van der Waals surface area contributed by atoms with Crippen molar-refractivity contribution < 1.29 is 4.74 Å². The maximum atomic E-state index is 5.15. The summed E-state index contributed by atoms with van der Waals surface area (Å²) in [6.07, 6.45) is 4.40. The fourth-order valence-corrected chi connectivity index (χ4v) is 2.18. The van der Waals surface area contributed by atoms with Crippen LogP contribution in [0, 0.1) is 0 Å². The lowest BCUT2D eigenvalue weighted by Crippen LogP contribution is -2.11. The molecule has 0 aromatic carbocycles. The Hall–Kier alpha value is -2.47. The van der Waals surface area contributed by atoms with Gasteiger partial charge in [-0.25, -0.2) is 4.98 Å². The van der Waals surface area contributed by atoms with Crippen LogP contribution < -0.4 is 5.32 Å². The summed E-state index contributed by atoms with van der Waals surface area (Å²) in [6.45, 7) is 1.26. The number of nitrogens with zero attached hydrogens (tertiary/aromatic N) is 4. The molecule has 1 N–H and O–H groups in total. The summed E-state index contributed by atoms with van der Waals surface area (Å²) in [6, 6.07) is 9.78. The van der Waals surface area contributed by atoms with Crippen LogP contribution >= 0.6 is 0 Å². The topological polar surface area (TPSA) is 64.3 Å². The number of rotatable bonds is 6. The van der Waals surface area contributed by atoms with Crippen molar-refractivity contribution >= 4 is 11.5 Å². The molecular weight excluding hydrogens is 266 g/mol. The number of hydrogen-bond donors (Lipinski definition) is 1. The van der Waals surface area contributed by atoms with E-state index in [2.05, 4.69) is 20.4 Å². The van der Waals surface area contributed by atoms with E-state index in [1.54, 1.807) is 17.8 Å². The van der Waals surface area contributed by atoms with Gasteiger partial charge in [-0.15, -0.1) is 0 Å². The van der Waals surface area contributed by atoms with Crippen LogP contribution in [0.5, 0.6) is 0 Å². The number of aromatic nitrogens is 4. The van der Waals surface area contributed by atoms with Crippen LogP contribution in [0.2, 0.25) is 0 Å². The minimum absolute atomic E-state index is 0.483. The molecule has 3 rings (SSSR count). The van der Waals surface area contributed by atoms with E-state index in [0.717, 1.165) is 35.8 Å². The Morgan fingerprint density at radius 1 is 1.19 bits per heavy atom. The first kappa shape index (κ1) is 13.5. The van der Waals surface area contributed by atoms with Gasteiger partial charge in [0.05, 0.1) is 18.5 Å². The van der Waals surface area contributed by atoms with Gasteiger partial charge in [-0.2, -0.15) is 9.61 Å². The summed E-state index contributed by atoms with van der Waals surface area (Å²) < 4.78 is 6.94. The van der Waals surface area contributed by atoms with Crippen molar-refractivity contribution in [1.82, 2.24) is 19.6 Å². The zero-order valence-corrected chi connectivity index (χ0v) is 11.9. The van der Waals surface area contributed by atoms with E-state index in [-0.39, 0.29) is 0 Å². The lowest BCUT2D eigenvalue weighted by atomic mass is 10.3. The molecule has 0 saturated heterocycles. The molecule has 108 valence electrons. The zero-order chi connectivity index (χ0) is 14.5. The molecule has 0 fully saturated rings. The predicted octanol–water partition coefficient (Wildman–Crippen LogP) is 1.93. The molecule has 0 aliphatic carbocycles. The van der Waals surface area contributed by atoms with E-state index < -0.39 is 0 Å². The summed E-state index contributed by atoms with van der Waals surface area (Å²) in [5.41, 5.74) is 2.75. The van der Waals surface area contributed by atoms with Crippen molar-refractivity contribution in [2.24, 2.45) is 0 Å². The number of fused-ring (bicyclic) bond motifs is 1. The first-order chi connectivity index (χ1) is 10.4. The second-order valence-corrected chi connectivity index (χ2v) is 4.66. The number of nitrogens with one attached hydrogen (secondary N) is 1. The minimum atomic E-state index is 0.483. The quantitative estimate of drug-likeness (QED) is 0.749. The standard InChI is InChI=1S/C15H17N5O/c1-21-11-13-10-15(20-14(19-13)6-9-18-20)17-8-5-12-4-2-3-7-16-12/h2-4,6-7,9-10,17H,5,8,11H2,1H3. The van der Waals surface area contributed by atoms with E-state index in [0.29, 0.717) is 6.61 Å².